The van der Waals surface area contributed by atoms with Gasteiger partial charge in [0.25, 0.3) is 0 Å². The Balaban J connectivity index is 1.99. The predicted molar refractivity (Wildman–Crippen MR) is 71.0 cm³/mol. The number of tetrazole rings is 1. The molecule has 0 saturated heterocycles. The topological polar surface area (TPSA) is 72.7 Å². The first-order chi connectivity index (χ1) is 9.31. The number of carbonyl (C=O) groups excluding carboxylic acids is 1. The van der Waals surface area contributed by atoms with Crippen LogP contribution in [0.2, 0.25) is 0 Å². The van der Waals surface area contributed by atoms with Crippen molar-refractivity contribution in [3.63, 3.8) is 0 Å². The fourth-order valence-corrected chi connectivity index (χ4v) is 1.71. The van der Waals surface area contributed by atoms with E-state index in [0.717, 1.165) is 5.69 Å². The van der Waals surface area contributed by atoms with Gasteiger partial charge in [-0.05, 0) is 29.0 Å². The summed E-state index contributed by atoms with van der Waals surface area (Å²) >= 11 is 5.53. The molecule has 100 valence electrons. The lowest BCUT2D eigenvalue weighted by molar-refractivity contribution is -0.121. The van der Waals surface area contributed by atoms with Crippen molar-refractivity contribution in [3.05, 3.63) is 36.2 Å². The van der Waals surface area contributed by atoms with Crippen molar-refractivity contribution in [1.29, 1.82) is 0 Å². The van der Waals surface area contributed by atoms with E-state index in [1.807, 2.05) is 30.3 Å². The van der Waals surface area contributed by atoms with Crippen molar-refractivity contribution in [2.45, 2.75) is 19.4 Å². The van der Waals surface area contributed by atoms with Crippen LogP contribution in [-0.4, -0.2) is 32.0 Å². The van der Waals surface area contributed by atoms with Gasteiger partial charge in [-0.25, -0.2) is 0 Å². The molecular formula is C12H14ClN5O. The van der Waals surface area contributed by atoms with E-state index in [0.29, 0.717) is 31.1 Å². The Bertz CT molecular complexity index is 528. The fraction of sp³-hybridized carbons (Fsp3) is 0.333. The molecule has 1 aromatic carbocycles. The van der Waals surface area contributed by atoms with E-state index in [9.17, 15) is 4.79 Å². The van der Waals surface area contributed by atoms with Crippen LogP contribution < -0.4 is 5.32 Å². The molecule has 0 aliphatic carbocycles. The van der Waals surface area contributed by atoms with Gasteiger partial charge in [0.1, 0.15) is 0 Å². The number of halogens is 1. The number of nitrogens with one attached hydrogen (secondary N) is 1. The number of hydrogen-bond donors (Lipinski definition) is 1. The van der Waals surface area contributed by atoms with Gasteiger partial charge in [-0.1, -0.05) is 18.2 Å². The van der Waals surface area contributed by atoms with E-state index in [1.54, 1.807) is 4.68 Å². The van der Waals surface area contributed by atoms with Crippen LogP contribution in [-0.2, 0) is 11.3 Å². The minimum atomic E-state index is -0.0525. The molecular weight excluding hydrogens is 266 g/mol. The number of alkyl halides is 1. The Labute approximate surface area is 115 Å². The summed E-state index contributed by atoms with van der Waals surface area (Å²) in [4.78, 5) is 11.5. The molecule has 0 aliphatic heterocycles. The maximum atomic E-state index is 11.5. The van der Waals surface area contributed by atoms with Crippen molar-refractivity contribution in [1.82, 2.24) is 25.5 Å². The number of benzene rings is 1. The summed E-state index contributed by atoms with van der Waals surface area (Å²) in [7, 11) is 0. The standard InChI is InChI=1S/C12H14ClN5O/c13-8-4-7-12(19)14-9-11-15-16-17-18(11)10-5-2-1-3-6-10/h1-3,5-6H,4,7-9H2,(H,14,19). The van der Waals surface area contributed by atoms with Crippen LogP contribution in [0.4, 0.5) is 0 Å². The molecule has 1 heterocycles. The number of carbonyl (C=O) groups is 1. The van der Waals surface area contributed by atoms with Gasteiger partial charge < -0.3 is 5.32 Å². The van der Waals surface area contributed by atoms with Crippen molar-refractivity contribution >= 4 is 17.5 Å². The molecule has 1 aromatic heterocycles. The second kappa shape index (κ2) is 6.84. The molecule has 0 bridgehead atoms. The summed E-state index contributed by atoms with van der Waals surface area (Å²) in [6, 6.07) is 9.52. The Morgan fingerprint density at radius 2 is 2.11 bits per heavy atom. The Kier molecular flexibility index (Phi) is 4.85. The van der Waals surface area contributed by atoms with E-state index in [4.69, 9.17) is 11.6 Å². The molecule has 1 amide bonds. The summed E-state index contributed by atoms with van der Waals surface area (Å²) in [6.07, 6.45) is 1.08. The number of nitrogens with zero attached hydrogens (tertiary/aromatic N) is 4. The van der Waals surface area contributed by atoms with E-state index >= 15 is 0 Å². The third-order valence-electron chi connectivity index (χ3n) is 2.52. The molecule has 19 heavy (non-hydrogen) atoms. The number of aromatic nitrogens is 4. The van der Waals surface area contributed by atoms with Crippen molar-refractivity contribution < 1.29 is 4.79 Å². The quantitative estimate of drug-likeness (QED) is 0.809. The van der Waals surface area contributed by atoms with Crippen LogP contribution >= 0.6 is 11.6 Å². The second-order valence-corrected chi connectivity index (χ2v) is 4.29. The highest BCUT2D eigenvalue weighted by atomic mass is 35.5. The monoisotopic (exact) mass is 279 g/mol. The Hall–Kier alpha value is -1.95. The number of amides is 1. The van der Waals surface area contributed by atoms with Crippen molar-refractivity contribution in [3.8, 4) is 5.69 Å². The lowest BCUT2D eigenvalue weighted by Gasteiger charge is -2.05. The van der Waals surface area contributed by atoms with Crippen LogP contribution in [0.1, 0.15) is 18.7 Å². The van der Waals surface area contributed by atoms with Crippen LogP contribution in [0.25, 0.3) is 5.69 Å². The van der Waals surface area contributed by atoms with Crippen LogP contribution in [0.3, 0.4) is 0 Å². The minimum absolute atomic E-state index is 0.0525. The van der Waals surface area contributed by atoms with E-state index in [1.165, 1.54) is 0 Å². The first-order valence-corrected chi connectivity index (χ1v) is 6.50. The SMILES string of the molecule is O=C(CCCCl)NCc1nnnn1-c1ccccc1. The van der Waals surface area contributed by atoms with Gasteiger partial charge in [0.2, 0.25) is 5.91 Å². The molecule has 2 aromatic rings. The Morgan fingerprint density at radius 1 is 1.32 bits per heavy atom. The molecule has 0 atom stereocenters. The molecule has 7 heteroatoms. The molecule has 0 fully saturated rings. The number of para-hydroxylation sites is 1. The third-order valence-corrected chi connectivity index (χ3v) is 2.78. The molecule has 0 unspecified atom stereocenters. The molecule has 0 radical (unpaired) electrons. The maximum absolute atomic E-state index is 11.5. The van der Waals surface area contributed by atoms with E-state index in [-0.39, 0.29) is 5.91 Å². The molecule has 6 nitrogen and oxygen atoms in total. The number of hydrogen-bond acceptors (Lipinski definition) is 4. The van der Waals surface area contributed by atoms with Gasteiger partial charge in [-0.3, -0.25) is 4.79 Å². The van der Waals surface area contributed by atoms with Crippen LogP contribution in [0.5, 0.6) is 0 Å². The van der Waals surface area contributed by atoms with Crippen LogP contribution in [0, 0.1) is 0 Å². The van der Waals surface area contributed by atoms with Gasteiger partial charge in [0, 0.05) is 12.3 Å². The smallest absolute Gasteiger partial charge is 0.220 e. The van der Waals surface area contributed by atoms with E-state index < -0.39 is 0 Å². The summed E-state index contributed by atoms with van der Waals surface area (Å²) in [5.74, 6) is 1.02. The fourth-order valence-electron chi connectivity index (χ4n) is 1.58. The summed E-state index contributed by atoms with van der Waals surface area (Å²) < 4.78 is 1.60. The second-order valence-electron chi connectivity index (χ2n) is 3.91. The minimum Gasteiger partial charge on any atom is -0.349 e. The molecule has 0 aliphatic rings. The highest BCUT2D eigenvalue weighted by Gasteiger charge is 2.09. The zero-order chi connectivity index (χ0) is 13.5. The maximum Gasteiger partial charge on any atom is 0.220 e. The molecule has 0 saturated carbocycles. The van der Waals surface area contributed by atoms with Gasteiger partial charge in [-0.2, -0.15) is 4.68 Å². The molecule has 0 spiro atoms. The van der Waals surface area contributed by atoms with Crippen LogP contribution in [0.15, 0.2) is 30.3 Å². The lowest BCUT2D eigenvalue weighted by atomic mass is 10.3. The number of rotatable bonds is 6. The average molecular weight is 280 g/mol. The van der Waals surface area contributed by atoms with Gasteiger partial charge >= 0.3 is 0 Å². The van der Waals surface area contributed by atoms with Crippen molar-refractivity contribution in [2.75, 3.05) is 5.88 Å². The van der Waals surface area contributed by atoms with Gasteiger partial charge in [-0.15, -0.1) is 16.7 Å². The summed E-state index contributed by atoms with van der Waals surface area (Å²) in [5.41, 5.74) is 0.859. The highest BCUT2D eigenvalue weighted by molar-refractivity contribution is 6.17. The normalized spacial score (nSPS) is 10.4. The molecule has 1 N–H and O–H groups in total. The van der Waals surface area contributed by atoms with Crippen molar-refractivity contribution in [2.24, 2.45) is 0 Å². The zero-order valence-corrected chi connectivity index (χ0v) is 11.0. The Morgan fingerprint density at radius 3 is 2.84 bits per heavy atom. The van der Waals surface area contributed by atoms with Gasteiger partial charge in [0.15, 0.2) is 5.82 Å². The van der Waals surface area contributed by atoms with E-state index in [2.05, 4.69) is 20.8 Å². The lowest BCUT2D eigenvalue weighted by Crippen LogP contribution is -2.24. The third kappa shape index (κ3) is 3.75. The average Bonchev–Trinajstić information content (AvgIpc) is 2.92. The molecule has 2 rings (SSSR count). The zero-order valence-electron chi connectivity index (χ0n) is 10.3. The largest absolute Gasteiger partial charge is 0.349 e. The summed E-state index contributed by atoms with van der Waals surface area (Å²) in [5, 5.41) is 14.2. The summed E-state index contributed by atoms with van der Waals surface area (Å²) in [6.45, 7) is 0.295. The van der Waals surface area contributed by atoms with Gasteiger partial charge in [0.05, 0.1) is 12.2 Å². The first kappa shape index (κ1) is 13.5. The highest BCUT2D eigenvalue weighted by Crippen LogP contribution is 2.06. The predicted octanol–water partition coefficient (Wildman–Crippen LogP) is 1.30. The first-order valence-electron chi connectivity index (χ1n) is 5.96.